The molecule has 0 unspecified atom stereocenters. The number of rotatable bonds is 7. The lowest BCUT2D eigenvalue weighted by Gasteiger charge is -2.15. The lowest BCUT2D eigenvalue weighted by Crippen LogP contribution is -2.22. The average molecular weight is 473 g/mol. The summed E-state index contributed by atoms with van der Waals surface area (Å²) in [7, 11) is 0. The van der Waals surface area contributed by atoms with Gasteiger partial charge in [0.2, 0.25) is 0 Å². The van der Waals surface area contributed by atoms with Crippen LogP contribution in [0.2, 0.25) is 5.02 Å². The zero-order valence-electron chi connectivity index (χ0n) is 19.1. The Morgan fingerprint density at radius 3 is 2.26 bits per heavy atom. The van der Waals surface area contributed by atoms with Gasteiger partial charge in [-0.15, -0.1) is 0 Å². The highest BCUT2D eigenvalue weighted by atomic mass is 35.5. The molecule has 34 heavy (non-hydrogen) atoms. The van der Waals surface area contributed by atoms with E-state index in [1.165, 1.54) is 0 Å². The Labute approximate surface area is 203 Å². The number of esters is 1. The van der Waals surface area contributed by atoms with E-state index in [0.717, 1.165) is 35.2 Å². The summed E-state index contributed by atoms with van der Waals surface area (Å²) in [5.41, 5.74) is 5.36. The Morgan fingerprint density at radius 1 is 0.912 bits per heavy atom. The Balaban J connectivity index is 1.56. The molecule has 0 aliphatic rings. The molecule has 6 heteroatoms. The van der Waals surface area contributed by atoms with Crippen molar-refractivity contribution in [2.45, 2.75) is 26.7 Å². The maximum atomic E-state index is 13.0. The normalized spacial score (nSPS) is 10.8. The van der Waals surface area contributed by atoms with Crippen molar-refractivity contribution in [2.24, 2.45) is 0 Å². The SMILES string of the molecule is CCc1cccc(CC)c1NC(=O)COC(=O)c1cc(-c2ccc(Cl)cc2)nc2ccccc12. The largest absolute Gasteiger partial charge is 0.452 e. The van der Waals surface area contributed by atoms with Crippen molar-refractivity contribution >= 4 is 40.1 Å². The molecule has 1 N–H and O–H groups in total. The lowest BCUT2D eigenvalue weighted by molar-refractivity contribution is -0.119. The summed E-state index contributed by atoms with van der Waals surface area (Å²) < 4.78 is 5.43. The topological polar surface area (TPSA) is 68.3 Å². The van der Waals surface area contributed by atoms with Crippen LogP contribution in [0.3, 0.4) is 0 Å². The molecule has 0 aliphatic heterocycles. The second-order valence-electron chi connectivity index (χ2n) is 7.86. The van der Waals surface area contributed by atoms with Crippen LogP contribution in [-0.4, -0.2) is 23.5 Å². The van der Waals surface area contributed by atoms with Gasteiger partial charge in [-0.3, -0.25) is 4.79 Å². The lowest BCUT2D eigenvalue weighted by atomic mass is 10.0. The van der Waals surface area contributed by atoms with Crippen LogP contribution in [-0.2, 0) is 22.4 Å². The molecule has 0 atom stereocenters. The first-order chi connectivity index (χ1) is 16.5. The van der Waals surface area contributed by atoms with Crippen molar-refractivity contribution in [3.8, 4) is 11.3 Å². The number of carbonyl (C=O) groups is 2. The predicted molar refractivity (Wildman–Crippen MR) is 136 cm³/mol. The van der Waals surface area contributed by atoms with Crippen molar-refractivity contribution in [2.75, 3.05) is 11.9 Å². The molecule has 4 aromatic rings. The van der Waals surface area contributed by atoms with E-state index in [-0.39, 0.29) is 12.5 Å². The number of aromatic nitrogens is 1. The van der Waals surface area contributed by atoms with Crippen LogP contribution >= 0.6 is 11.6 Å². The van der Waals surface area contributed by atoms with Crippen LogP contribution in [0.5, 0.6) is 0 Å². The maximum absolute atomic E-state index is 13.0. The molecule has 1 amide bonds. The van der Waals surface area contributed by atoms with E-state index in [1.54, 1.807) is 18.2 Å². The molecule has 4 rings (SSSR count). The molecular weight excluding hydrogens is 448 g/mol. The molecule has 3 aromatic carbocycles. The van der Waals surface area contributed by atoms with E-state index in [0.29, 0.717) is 27.2 Å². The number of aryl methyl sites for hydroxylation is 2. The first kappa shape index (κ1) is 23.5. The minimum absolute atomic E-state index is 0.353. The summed E-state index contributed by atoms with van der Waals surface area (Å²) in [6, 6.07) is 22.2. The van der Waals surface area contributed by atoms with Gasteiger partial charge in [0.05, 0.1) is 16.8 Å². The molecule has 0 saturated carbocycles. The van der Waals surface area contributed by atoms with E-state index in [1.807, 2.05) is 68.4 Å². The van der Waals surface area contributed by atoms with Gasteiger partial charge in [0.15, 0.2) is 6.61 Å². The molecular formula is C28H25ClN2O3. The summed E-state index contributed by atoms with van der Waals surface area (Å²) in [5, 5.41) is 4.21. The van der Waals surface area contributed by atoms with Gasteiger partial charge < -0.3 is 10.1 Å². The van der Waals surface area contributed by atoms with E-state index in [2.05, 4.69) is 10.3 Å². The van der Waals surface area contributed by atoms with Crippen LogP contribution in [0.1, 0.15) is 35.3 Å². The van der Waals surface area contributed by atoms with Crippen LogP contribution in [0.15, 0.2) is 72.8 Å². The number of nitrogens with one attached hydrogen (secondary N) is 1. The van der Waals surface area contributed by atoms with Crippen LogP contribution < -0.4 is 5.32 Å². The second-order valence-corrected chi connectivity index (χ2v) is 8.30. The van der Waals surface area contributed by atoms with Crippen molar-refractivity contribution in [1.82, 2.24) is 4.98 Å². The number of pyridine rings is 1. The average Bonchev–Trinajstić information content (AvgIpc) is 2.87. The van der Waals surface area contributed by atoms with Crippen LogP contribution in [0, 0.1) is 0 Å². The van der Waals surface area contributed by atoms with Gasteiger partial charge in [-0.25, -0.2) is 9.78 Å². The third kappa shape index (κ3) is 5.10. The Morgan fingerprint density at radius 2 is 1.59 bits per heavy atom. The number of anilines is 1. The Bertz CT molecular complexity index is 1330. The van der Waals surface area contributed by atoms with Crippen LogP contribution in [0.4, 0.5) is 5.69 Å². The van der Waals surface area contributed by atoms with E-state index in [9.17, 15) is 9.59 Å². The Kier molecular flexibility index (Phi) is 7.24. The molecule has 0 saturated heterocycles. The number of hydrogen-bond acceptors (Lipinski definition) is 4. The van der Waals surface area contributed by atoms with Crippen molar-refractivity contribution < 1.29 is 14.3 Å². The minimum atomic E-state index is -0.580. The second kappa shape index (κ2) is 10.5. The highest BCUT2D eigenvalue weighted by molar-refractivity contribution is 6.30. The van der Waals surface area contributed by atoms with E-state index >= 15 is 0 Å². The summed E-state index contributed by atoms with van der Waals surface area (Å²) in [5.74, 6) is -0.955. The molecule has 0 spiro atoms. The minimum Gasteiger partial charge on any atom is -0.452 e. The number of para-hydroxylation sites is 2. The molecule has 0 fully saturated rings. The number of ether oxygens (including phenoxy) is 1. The number of fused-ring (bicyclic) bond motifs is 1. The molecule has 5 nitrogen and oxygen atoms in total. The standard InChI is InChI=1S/C28H25ClN2O3/c1-3-18-8-7-9-19(4-2)27(18)31-26(32)17-34-28(33)23-16-25(20-12-14-21(29)15-13-20)30-24-11-6-5-10-22(23)24/h5-16H,3-4,17H2,1-2H3,(H,31,32). The van der Waals surface area contributed by atoms with Gasteiger partial charge in [-0.05, 0) is 48.2 Å². The Hall–Kier alpha value is -3.70. The first-order valence-electron chi connectivity index (χ1n) is 11.2. The predicted octanol–water partition coefficient (Wildman–Crippen LogP) is 6.48. The number of hydrogen-bond donors (Lipinski definition) is 1. The summed E-state index contributed by atoms with van der Waals surface area (Å²) in [6.45, 7) is 3.70. The zero-order valence-corrected chi connectivity index (χ0v) is 19.9. The number of amides is 1. The summed E-state index contributed by atoms with van der Waals surface area (Å²) in [4.78, 5) is 30.4. The first-order valence-corrected chi connectivity index (χ1v) is 11.6. The third-order valence-corrected chi connectivity index (χ3v) is 5.93. The van der Waals surface area contributed by atoms with Gasteiger partial charge in [0.25, 0.3) is 5.91 Å². The van der Waals surface area contributed by atoms with Crippen LogP contribution in [0.25, 0.3) is 22.2 Å². The third-order valence-electron chi connectivity index (χ3n) is 5.67. The summed E-state index contributed by atoms with van der Waals surface area (Å²) in [6.07, 6.45) is 1.58. The number of nitrogens with zero attached hydrogens (tertiary/aromatic N) is 1. The molecule has 1 heterocycles. The fourth-order valence-electron chi connectivity index (χ4n) is 3.90. The molecule has 0 radical (unpaired) electrons. The quantitative estimate of drug-likeness (QED) is 0.313. The fourth-order valence-corrected chi connectivity index (χ4v) is 4.03. The molecule has 172 valence electrons. The van der Waals surface area contributed by atoms with E-state index in [4.69, 9.17) is 16.3 Å². The summed E-state index contributed by atoms with van der Waals surface area (Å²) >= 11 is 6.01. The van der Waals surface area contributed by atoms with Crippen molar-refractivity contribution in [1.29, 1.82) is 0 Å². The van der Waals surface area contributed by atoms with Gasteiger partial charge in [0, 0.05) is 21.7 Å². The van der Waals surface area contributed by atoms with E-state index < -0.39 is 5.97 Å². The number of halogens is 1. The number of carbonyl (C=O) groups excluding carboxylic acids is 2. The zero-order chi connectivity index (χ0) is 24.1. The smallest absolute Gasteiger partial charge is 0.339 e. The maximum Gasteiger partial charge on any atom is 0.339 e. The van der Waals surface area contributed by atoms with Gasteiger partial charge in [0.1, 0.15) is 0 Å². The highest BCUT2D eigenvalue weighted by Gasteiger charge is 2.17. The number of benzene rings is 3. The highest BCUT2D eigenvalue weighted by Crippen LogP contribution is 2.27. The molecule has 0 aliphatic carbocycles. The fraction of sp³-hybridized carbons (Fsp3) is 0.179. The monoisotopic (exact) mass is 472 g/mol. The van der Waals surface area contributed by atoms with Crippen molar-refractivity contribution in [3.05, 3.63) is 94.5 Å². The van der Waals surface area contributed by atoms with Gasteiger partial charge in [-0.2, -0.15) is 0 Å². The van der Waals surface area contributed by atoms with Gasteiger partial charge in [-0.1, -0.05) is 74.0 Å². The molecule has 0 bridgehead atoms. The molecule has 1 aromatic heterocycles. The van der Waals surface area contributed by atoms with Gasteiger partial charge >= 0.3 is 5.97 Å². The van der Waals surface area contributed by atoms with Crippen molar-refractivity contribution in [3.63, 3.8) is 0 Å².